The van der Waals surface area contributed by atoms with Crippen LogP contribution in [0.1, 0.15) is 26.4 Å². The van der Waals surface area contributed by atoms with Gasteiger partial charge >= 0.3 is 0 Å². The summed E-state index contributed by atoms with van der Waals surface area (Å²) < 4.78 is 5.49. The summed E-state index contributed by atoms with van der Waals surface area (Å²) in [5.74, 6) is 1.29. The zero-order chi connectivity index (χ0) is 20.2. The average molecular weight is 393 g/mol. The van der Waals surface area contributed by atoms with E-state index >= 15 is 0 Å². The van der Waals surface area contributed by atoms with Crippen molar-refractivity contribution >= 4 is 12.1 Å². The van der Waals surface area contributed by atoms with E-state index in [9.17, 15) is 4.79 Å². The van der Waals surface area contributed by atoms with Crippen LogP contribution in [-0.4, -0.2) is 39.6 Å². The predicted molar refractivity (Wildman–Crippen MR) is 114 cm³/mol. The lowest BCUT2D eigenvalue weighted by molar-refractivity contribution is -0.105. The summed E-state index contributed by atoms with van der Waals surface area (Å²) in [5, 5.41) is 9.88. The second-order valence-corrected chi connectivity index (χ2v) is 6.62. The molecular weight excluding hydrogens is 366 g/mol. The van der Waals surface area contributed by atoms with Crippen LogP contribution in [0.15, 0.2) is 67.1 Å². The van der Waals surface area contributed by atoms with Crippen LogP contribution in [0.2, 0.25) is 0 Å². The van der Waals surface area contributed by atoms with Gasteiger partial charge in [-0.2, -0.15) is 10.2 Å². The summed E-state index contributed by atoms with van der Waals surface area (Å²) in [6.07, 6.45) is 9.69. The van der Waals surface area contributed by atoms with Crippen molar-refractivity contribution in [2.75, 3.05) is 18.4 Å². The molecule has 0 unspecified atom stereocenters. The molecule has 1 amide bonds. The Balaban J connectivity index is 0.000000211. The number of rotatable bonds is 6. The molecule has 29 heavy (non-hydrogen) atoms. The second kappa shape index (κ2) is 11.5. The molecule has 0 saturated carbocycles. The smallest absolute Gasteiger partial charge is 0.211 e. The lowest BCUT2D eigenvalue weighted by Crippen LogP contribution is -2.29. The zero-order valence-corrected chi connectivity index (χ0v) is 16.3. The molecule has 3 aromatic rings. The fraction of sp³-hybridized carbons (Fsp3) is 0.273. The lowest BCUT2D eigenvalue weighted by Gasteiger charge is -2.25. The highest BCUT2D eigenvalue weighted by molar-refractivity contribution is 5.71. The maximum atomic E-state index is 10.2. The fourth-order valence-corrected chi connectivity index (χ4v) is 3.00. The van der Waals surface area contributed by atoms with Crippen LogP contribution in [0, 0.1) is 0 Å². The highest BCUT2D eigenvalue weighted by atomic mass is 16.5. The first kappa shape index (κ1) is 20.4. The summed E-state index contributed by atoms with van der Waals surface area (Å²) in [7, 11) is 0. The highest BCUT2D eigenvalue weighted by Crippen LogP contribution is 2.21. The monoisotopic (exact) mass is 393 g/mol. The van der Waals surface area contributed by atoms with Crippen LogP contribution in [0.5, 0.6) is 11.5 Å². The van der Waals surface area contributed by atoms with Gasteiger partial charge in [0, 0.05) is 25.9 Å². The van der Waals surface area contributed by atoms with Crippen LogP contribution in [0.4, 0.5) is 5.69 Å². The van der Waals surface area contributed by atoms with E-state index in [4.69, 9.17) is 4.74 Å². The molecule has 1 aliphatic rings. The SMILES string of the molecule is O=CNc1ccc(Oc2ccnnc2)cc1.[HH].c1ccc(CN2CCCCC2)nc1. The van der Waals surface area contributed by atoms with E-state index in [2.05, 4.69) is 37.5 Å². The Morgan fingerprint density at radius 1 is 0.966 bits per heavy atom. The normalized spacial score (nSPS) is 13.7. The number of hydrogen-bond acceptors (Lipinski definition) is 6. The largest absolute Gasteiger partial charge is 0.456 e. The van der Waals surface area contributed by atoms with Gasteiger partial charge in [0.15, 0.2) is 0 Å². The third-order valence-corrected chi connectivity index (χ3v) is 4.43. The Morgan fingerprint density at radius 3 is 2.45 bits per heavy atom. The molecule has 4 rings (SSSR count). The summed E-state index contributed by atoms with van der Waals surface area (Å²) in [6.45, 7) is 3.52. The number of pyridine rings is 1. The molecule has 1 aromatic carbocycles. The molecule has 1 fully saturated rings. The number of ether oxygens (including phenoxy) is 1. The van der Waals surface area contributed by atoms with Crippen molar-refractivity contribution < 1.29 is 11.0 Å². The first-order valence-electron chi connectivity index (χ1n) is 9.70. The molecule has 0 spiro atoms. The number of aromatic nitrogens is 3. The topological polar surface area (TPSA) is 80.2 Å². The number of nitrogens with one attached hydrogen (secondary N) is 1. The number of carbonyl (C=O) groups is 1. The summed E-state index contributed by atoms with van der Waals surface area (Å²) in [5.41, 5.74) is 1.92. The van der Waals surface area contributed by atoms with E-state index in [1.807, 2.05) is 12.3 Å². The second-order valence-electron chi connectivity index (χ2n) is 6.62. The van der Waals surface area contributed by atoms with Gasteiger partial charge in [-0.1, -0.05) is 12.5 Å². The summed E-state index contributed by atoms with van der Waals surface area (Å²) >= 11 is 0. The van der Waals surface area contributed by atoms with Crippen LogP contribution in [0.25, 0.3) is 0 Å². The van der Waals surface area contributed by atoms with Gasteiger partial charge in [-0.3, -0.25) is 14.7 Å². The summed E-state index contributed by atoms with van der Waals surface area (Å²) in [4.78, 5) is 17.0. The molecule has 1 N–H and O–H groups in total. The molecular formula is C22H27N5O2. The number of benzene rings is 1. The third kappa shape index (κ3) is 7.31. The number of likely N-dealkylation sites (tertiary alicyclic amines) is 1. The van der Waals surface area contributed by atoms with E-state index < -0.39 is 0 Å². The van der Waals surface area contributed by atoms with Gasteiger partial charge in [0.05, 0.1) is 18.1 Å². The van der Waals surface area contributed by atoms with Crippen LogP contribution >= 0.6 is 0 Å². The van der Waals surface area contributed by atoms with Gasteiger partial charge in [-0.05, 0) is 62.3 Å². The maximum Gasteiger partial charge on any atom is 0.211 e. The minimum absolute atomic E-state index is 0. The Bertz CT molecular complexity index is 844. The van der Waals surface area contributed by atoms with Crippen molar-refractivity contribution in [3.63, 3.8) is 0 Å². The van der Waals surface area contributed by atoms with E-state index in [1.54, 1.807) is 36.5 Å². The Kier molecular flexibility index (Phi) is 8.10. The number of nitrogens with zero attached hydrogens (tertiary/aromatic N) is 4. The van der Waals surface area contributed by atoms with Crippen LogP contribution in [0.3, 0.4) is 0 Å². The summed E-state index contributed by atoms with van der Waals surface area (Å²) in [6, 6.07) is 14.9. The minimum atomic E-state index is 0. The molecule has 152 valence electrons. The van der Waals surface area contributed by atoms with Crippen molar-refractivity contribution in [3.05, 3.63) is 72.8 Å². The van der Waals surface area contributed by atoms with Gasteiger partial charge in [-0.15, -0.1) is 0 Å². The maximum absolute atomic E-state index is 10.2. The Labute approximate surface area is 172 Å². The molecule has 2 aromatic heterocycles. The van der Waals surface area contributed by atoms with E-state index in [-0.39, 0.29) is 1.43 Å². The van der Waals surface area contributed by atoms with Crippen molar-refractivity contribution in [1.29, 1.82) is 0 Å². The molecule has 1 saturated heterocycles. The molecule has 7 heteroatoms. The highest BCUT2D eigenvalue weighted by Gasteiger charge is 2.10. The minimum Gasteiger partial charge on any atom is -0.456 e. The fourth-order valence-electron chi connectivity index (χ4n) is 3.00. The first-order valence-corrected chi connectivity index (χ1v) is 9.70. The third-order valence-electron chi connectivity index (χ3n) is 4.43. The molecule has 0 bridgehead atoms. The number of carbonyl (C=O) groups excluding carboxylic acids is 1. The molecule has 7 nitrogen and oxygen atoms in total. The average Bonchev–Trinajstić information content (AvgIpc) is 2.78. The van der Waals surface area contributed by atoms with Gasteiger partial charge in [0.1, 0.15) is 11.5 Å². The Morgan fingerprint density at radius 2 is 1.79 bits per heavy atom. The zero-order valence-electron chi connectivity index (χ0n) is 16.3. The van der Waals surface area contributed by atoms with Gasteiger partial charge < -0.3 is 10.1 Å². The standard InChI is InChI=1S/C11H9N3O2.C11H16N2.H2/c15-8-12-9-1-3-10(4-2-9)16-11-5-6-13-14-7-11;1-4-8-13(9-5-1)10-11-6-2-3-7-12-11;/h1-8H,(H,12,15);2-3,6-7H,1,4-5,8-10H2;1H. The number of anilines is 1. The van der Waals surface area contributed by atoms with Crippen molar-refractivity contribution in [3.8, 4) is 11.5 Å². The molecule has 0 aliphatic carbocycles. The molecule has 0 atom stereocenters. The van der Waals surface area contributed by atoms with Gasteiger partial charge in [0.25, 0.3) is 0 Å². The van der Waals surface area contributed by atoms with Crippen molar-refractivity contribution in [1.82, 2.24) is 20.1 Å². The molecule has 1 aliphatic heterocycles. The van der Waals surface area contributed by atoms with Crippen LogP contribution < -0.4 is 10.1 Å². The number of amides is 1. The quantitative estimate of drug-likeness (QED) is 0.634. The number of hydrogen-bond donors (Lipinski definition) is 1. The van der Waals surface area contributed by atoms with E-state index in [0.29, 0.717) is 17.9 Å². The Hall–Kier alpha value is -3.32. The first-order chi connectivity index (χ1) is 14.3. The number of piperidine rings is 1. The predicted octanol–water partition coefficient (Wildman–Crippen LogP) is 4.15. The molecule has 3 heterocycles. The van der Waals surface area contributed by atoms with Gasteiger partial charge in [0.2, 0.25) is 6.41 Å². The lowest BCUT2D eigenvalue weighted by atomic mass is 10.1. The van der Waals surface area contributed by atoms with Crippen molar-refractivity contribution in [2.24, 2.45) is 0 Å². The van der Waals surface area contributed by atoms with Crippen molar-refractivity contribution in [2.45, 2.75) is 25.8 Å². The van der Waals surface area contributed by atoms with E-state index in [1.165, 1.54) is 44.2 Å². The van der Waals surface area contributed by atoms with Gasteiger partial charge in [-0.25, -0.2) is 0 Å². The van der Waals surface area contributed by atoms with Crippen LogP contribution in [-0.2, 0) is 11.3 Å². The van der Waals surface area contributed by atoms with E-state index in [0.717, 1.165) is 12.2 Å². The molecule has 0 radical (unpaired) electrons.